The van der Waals surface area contributed by atoms with Crippen LogP contribution in [0.5, 0.6) is 0 Å². The first-order valence-corrected chi connectivity index (χ1v) is 31.0. The zero-order valence-corrected chi connectivity index (χ0v) is 47.8. The van der Waals surface area contributed by atoms with Crippen LogP contribution in [0.2, 0.25) is 0 Å². The van der Waals surface area contributed by atoms with Crippen molar-refractivity contribution < 1.29 is 113 Å². The van der Waals surface area contributed by atoms with Crippen molar-refractivity contribution in [1.82, 2.24) is 0 Å². The molecule has 0 bridgehead atoms. The van der Waals surface area contributed by atoms with Gasteiger partial charge >= 0.3 is 19.8 Å². The van der Waals surface area contributed by atoms with Crippen molar-refractivity contribution in [2.75, 3.05) is 26.4 Å². The number of phosphoric ester groups is 1. The number of carbonyl (C=O) groups excluding carboxylic acids is 2. The quantitative estimate of drug-likeness (QED) is 0.0178. The van der Waals surface area contributed by atoms with E-state index in [1.807, 2.05) is 0 Å². The van der Waals surface area contributed by atoms with E-state index in [1.165, 1.54) is 96.3 Å². The number of esters is 2. The molecule has 1 saturated carbocycles. The van der Waals surface area contributed by atoms with Gasteiger partial charge in [0.15, 0.2) is 18.7 Å². The summed E-state index contributed by atoms with van der Waals surface area (Å²) in [6, 6.07) is 0. The minimum Gasteiger partial charge on any atom is -0.462 e. The summed E-state index contributed by atoms with van der Waals surface area (Å²) >= 11 is 0. The van der Waals surface area contributed by atoms with Gasteiger partial charge in [0, 0.05) is 12.8 Å². The first-order valence-electron chi connectivity index (χ1n) is 29.5. The van der Waals surface area contributed by atoms with E-state index < -0.39 is 150 Å². The number of aliphatic hydroxyl groups is 11. The summed E-state index contributed by atoms with van der Waals surface area (Å²) in [4.78, 5) is 37.5. The minimum absolute atomic E-state index is 0.0492. The second-order valence-corrected chi connectivity index (χ2v) is 22.9. The molecule has 0 aromatic heterocycles. The van der Waals surface area contributed by atoms with Crippen molar-refractivity contribution in [2.24, 2.45) is 0 Å². The highest BCUT2D eigenvalue weighted by Crippen LogP contribution is 2.49. The monoisotopic (exact) mass is 1160 g/mol. The van der Waals surface area contributed by atoms with Gasteiger partial charge in [0.05, 0.1) is 19.8 Å². The van der Waals surface area contributed by atoms with Gasteiger partial charge in [-0.25, -0.2) is 4.57 Å². The van der Waals surface area contributed by atoms with Crippen LogP contribution in [-0.4, -0.2) is 204 Å². The Morgan fingerprint density at radius 1 is 0.468 bits per heavy atom. The van der Waals surface area contributed by atoms with Crippen molar-refractivity contribution in [3.63, 3.8) is 0 Å². The Kier molecular flexibility index (Phi) is 36.6. The first kappa shape index (κ1) is 71.5. The first-order chi connectivity index (χ1) is 37.9. The summed E-state index contributed by atoms with van der Waals surface area (Å²) in [5.41, 5.74) is 0. The third-order valence-corrected chi connectivity index (χ3v) is 15.8. The third-order valence-electron chi connectivity index (χ3n) is 14.8. The lowest BCUT2D eigenvalue weighted by Gasteiger charge is -2.49. The molecule has 0 amide bonds. The number of rotatable bonds is 43. The van der Waals surface area contributed by atoms with Crippen LogP contribution >= 0.6 is 7.82 Å². The maximum atomic E-state index is 14.0. The Morgan fingerprint density at radius 2 is 0.835 bits per heavy atom. The molecule has 464 valence electrons. The van der Waals surface area contributed by atoms with Crippen molar-refractivity contribution in [1.29, 1.82) is 0 Å². The van der Waals surface area contributed by atoms with Gasteiger partial charge in [-0.05, 0) is 38.5 Å². The van der Waals surface area contributed by atoms with E-state index in [-0.39, 0.29) is 12.8 Å². The maximum absolute atomic E-state index is 14.0. The van der Waals surface area contributed by atoms with Crippen molar-refractivity contribution in [3.8, 4) is 0 Å². The van der Waals surface area contributed by atoms with E-state index in [0.29, 0.717) is 19.3 Å². The summed E-state index contributed by atoms with van der Waals surface area (Å²) in [6.07, 6.45) is -2.27. The maximum Gasteiger partial charge on any atom is 0.472 e. The molecule has 0 aromatic rings. The lowest BCUT2D eigenvalue weighted by molar-refractivity contribution is -0.360. The van der Waals surface area contributed by atoms with E-state index in [4.69, 9.17) is 37.5 Å². The van der Waals surface area contributed by atoms with Gasteiger partial charge in [0.1, 0.15) is 92.1 Å². The molecular formula is C55H101O23P. The van der Waals surface area contributed by atoms with Crippen molar-refractivity contribution in [2.45, 2.75) is 298 Å². The lowest BCUT2D eigenvalue weighted by atomic mass is 9.84. The predicted molar refractivity (Wildman–Crippen MR) is 287 cm³/mol. The largest absolute Gasteiger partial charge is 0.472 e. The Morgan fingerprint density at radius 3 is 1.25 bits per heavy atom. The number of aliphatic hydroxyl groups excluding tert-OH is 11. The smallest absolute Gasteiger partial charge is 0.462 e. The van der Waals surface area contributed by atoms with Crippen LogP contribution in [-0.2, 0) is 51.6 Å². The number of carbonyl (C=O) groups is 2. The molecule has 12 N–H and O–H groups in total. The second kappa shape index (κ2) is 40.5. The third kappa shape index (κ3) is 26.3. The van der Waals surface area contributed by atoms with Crippen molar-refractivity contribution in [3.05, 3.63) is 12.2 Å². The molecule has 79 heavy (non-hydrogen) atoms. The fraction of sp³-hybridized carbons (Fsp3) is 0.927. The number of hydrogen-bond donors (Lipinski definition) is 12. The van der Waals surface area contributed by atoms with Crippen LogP contribution in [0.25, 0.3) is 0 Å². The summed E-state index contributed by atoms with van der Waals surface area (Å²) in [6.45, 7) is 0.989. The molecule has 0 aromatic carbocycles. The van der Waals surface area contributed by atoms with Crippen LogP contribution in [0, 0.1) is 0 Å². The van der Waals surface area contributed by atoms with Gasteiger partial charge in [-0.3, -0.25) is 18.6 Å². The normalized spacial score (nSPS) is 31.5. The molecule has 2 saturated heterocycles. The van der Waals surface area contributed by atoms with Crippen LogP contribution in [0.1, 0.15) is 194 Å². The van der Waals surface area contributed by atoms with Gasteiger partial charge in [0.2, 0.25) is 0 Å². The molecule has 16 atom stereocenters. The van der Waals surface area contributed by atoms with Gasteiger partial charge < -0.3 is 89.5 Å². The highest BCUT2D eigenvalue weighted by molar-refractivity contribution is 7.47. The van der Waals surface area contributed by atoms with Crippen LogP contribution in [0.4, 0.5) is 0 Å². The highest BCUT2D eigenvalue weighted by Gasteiger charge is 2.58. The Hall–Kier alpha value is -1.81. The Bertz CT molecular complexity index is 1630. The molecule has 16 unspecified atom stereocenters. The fourth-order valence-electron chi connectivity index (χ4n) is 9.88. The molecule has 24 heteroatoms. The van der Waals surface area contributed by atoms with E-state index >= 15 is 0 Å². The number of hydrogen-bond acceptors (Lipinski definition) is 22. The molecular weight excluding hydrogens is 1060 g/mol. The van der Waals surface area contributed by atoms with Gasteiger partial charge in [-0.1, -0.05) is 154 Å². The molecule has 3 aliphatic rings. The average molecular weight is 1160 g/mol. The summed E-state index contributed by atoms with van der Waals surface area (Å²) in [7, 11) is -5.64. The minimum atomic E-state index is -5.64. The van der Waals surface area contributed by atoms with E-state index in [0.717, 1.165) is 51.4 Å². The number of phosphoric acid groups is 1. The predicted octanol–water partition coefficient (Wildman–Crippen LogP) is 3.93. The summed E-state index contributed by atoms with van der Waals surface area (Å²) < 4.78 is 58.1. The molecule has 2 aliphatic heterocycles. The second-order valence-electron chi connectivity index (χ2n) is 21.5. The van der Waals surface area contributed by atoms with Crippen molar-refractivity contribution >= 4 is 19.8 Å². The average Bonchev–Trinajstić information content (AvgIpc) is 3.55. The molecule has 3 fully saturated rings. The standard InChI is InChI=1S/C55H101O23P/c1-3-5-7-9-11-13-15-17-18-20-21-23-25-27-29-31-40(58)71-35-37(73-41(59)32-30-28-26-24-22-19-16-14-12-10-8-6-4-2)36-72-79(69,70)78-53-51(76-54-49(67)44(62)42(60)38(33-56)74-54)47(65)46(64)48(66)52(53)77-55-50(68)45(63)43(61)39(34-57)75-55/h19,22,37-39,42-57,60-68H,3-18,20-21,23-36H2,1-2H3,(H,69,70). The van der Waals surface area contributed by atoms with Gasteiger partial charge in [-0.2, -0.15) is 0 Å². The topological polar surface area (TPSA) is 368 Å². The summed E-state index contributed by atoms with van der Waals surface area (Å²) in [5, 5.41) is 117. The van der Waals surface area contributed by atoms with Crippen LogP contribution in [0.15, 0.2) is 12.2 Å². The zero-order valence-electron chi connectivity index (χ0n) is 46.9. The van der Waals surface area contributed by atoms with E-state index in [1.54, 1.807) is 0 Å². The molecule has 1 aliphatic carbocycles. The Labute approximate surface area is 467 Å². The molecule has 0 spiro atoms. The molecule has 2 heterocycles. The highest BCUT2D eigenvalue weighted by atomic mass is 31.2. The number of unbranched alkanes of at least 4 members (excludes halogenated alkanes) is 23. The van der Waals surface area contributed by atoms with Gasteiger partial charge in [0.25, 0.3) is 0 Å². The Balaban J connectivity index is 1.71. The zero-order chi connectivity index (χ0) is 58.2. The lowest BCUT2D eigenvalue weighted by Crippen LogP contribution is -2.69. The van der Waals surface area contributed by atoms with E-state index in [9.17, 15) is 75.2 Å². The number of allylic oxidation sites excluding steroid dienone is 2. The number of ether oxygens (including phenoxy) is 6. The van der Waals surface area contributed by atoms with Gasteiger partial charge in [-0.15, -0.1) is 0 Å². The molecule has 23 nitrogen and oxygen atoms in total. The molecule has 3 rings (SSSR count). The van der Waals surface area contributed by atoms with E-state index in [2.05, 4.69) is 26.0 Å². The van der Waals surface area contributed by atoms with Crippen LogP contribution in [0.3, 0.4) is 0 Å². The SMILES string of the molecule is CCCCCCCCC=CCCCCCC(=O)OC(COC(=O)CCCCCCCCCCCCCCCCC)COP(=O)(O)OC1C(OC2OC(CO)C(O)C(O)C2O)C(O)C(O)C(O)C1OC1OC(CO)C(O)C(O)C1O. The van der Waals surface area contributed by atoms with Crippen LogP contribution < -0.4 is 0 Å². The fourth-order valence-corrected chi connectivity index (χ4v) is 10.8. The molecule has 0 radical (unpaired) electrons. The summed E-state index contributed by atoms with van der Waals surface area (Å²) in [5.74, 6) is -1.35.